The third-order valence-electron chi connectivity index (χ3n) is 6.65. The van der Waals surface area contributed by atoms with Crippen molar-refractivity contribution in [1.29, 1.82) is 0 Å². The number of amides is 1. The maximum Gasteiger partial charge on any atom is 0.217 e. The molecule has 15 atom stereocenters. The highest BCUT2D eigenvalue weighted by Crippen LogP contribution is 2.31. The number of hydrogen-bond donors (Lipinski definition) is 11. The molecule has 0 saturated carbocycles. The average molecular weight is 544 g/mol. The van der Waals surface area contributed by atoms with E-state index in [0.717, 1.165) is 6.92 Å². The zero-order valence-electron chi connectivity index (χ0n) is 20.0. The molecule has 17 heteroatoms. The summed E-state index contributed by atoms with van der Waals surface area (Å²) in [6.07, 6.45) is -17.5. The van der Waals surface area contributed by atoms with E-state index in [1.54, 1.807) is 0 Å². The van der Waals surface area contributed by atoms with Gasteiger partial charge in [0.25, 0.3) is 0 Å². The monoisotopic (exact) mass is 543 g/mol. The van der Waals surface area contributed by atoms with Crippen LogP contribution in [0.15, 0.2) is 0 Å². The number of nitrogens with two attached hydrogens (primary N) is 2. The van der Waals surface area contributed by atoms with Crippen LogP contribution in [0.3, 0.4) is 0 Å². The summed E-state index contributed by atoms with van der Waals surface area (Å²) in [4.78, 5) is 11.5. The van der Waals surface area contributed by atoms with Crippen LogP contribution in [0.2, 0.25) is 0 Å². The number of nitrogens with one attached hydrogen (secondary N) is 1. The van der Waals surface area contributed by atoms with E-state index in [9.17, 15) is 45.6 Å². The topological polar surface area (TPSA) is 289 Å². The van der Waals surface area contributed by atoms with Gasteiger partial charge in [-0.1, -0.05) is 0 Å². The van der Waals surface area contributed by atoms with Gasteiger partial charge in [0.15, 0.2) is 18.9 Å². The van der Waals surface area contributed by atoms with Gasteiger partial charge in [0.2, 0.25) is 5.91 Å². The van der Waals surface area contributed by atoms with Gasteiger partial charge >= 0.3 is 0 Å². The molecule has 3 heterocycles. The molecule has 0 aromatic rings. The van der Waals surface area contributed by atoms with Crippen LogP contribution in [-0.2, 0) is 28.5 Å². The SMILES string of the molecule is CC(=O)N[C@H]1C(O)O[C@H](CO)C(O[C@@H]2O[C@H](CO)C(O[C@@H]3O[C@H](CO)[C@@H](O)[C@H](O)[C@H]3N)[C@H](O)[C@H]2N)[C@@H]1O. The number of aliphatic hydroxyl groups is 8. The van der Waals surface area contributed by atoms with Gasteiger partial charge in [-0.15, -0.1) is 0 Å². The third kappa shape index (κ3) is 6.38. The highest BCUT2D eigenvalue weighted by Gasteiger charge is 2.52. The van der Waals surface area contributed by atoms with Gasteiger partial charge in [0.05, 0.1) is 31.9 Å². The van der Waals surface area contributed by atoms with Crippen LogP contribution >= 0.6 is 0 Å². The van der Waals surface area contributed by atoms with Crippen LogP contribution < -0.4 is 16.8 Å². The first-order chi connectivity index (χ1) is 17.4. The Hall–Kier alpha value is -1.13. The summed E-state index contributed by atoms with van der Waals surface area (Å²) in [5.41, 5.74) is 12.0. The molecule has 1 amide bonds. The summed E-state index contributed by atoms with van der Waals surface area (Å²) in [7, 11) is 0. The van der Waals surface area contributed by atoms with Crippen molar-refractivity contribution in [3.8, 4) is 0 Å². The Labute approximate surface area is 211 Å². The fourth-order valence-corrected chi connectivity index (χ4v) is 4.55. The Bertz CT molecular complexity index is 749. The number of carbonyl (C=O) groups excluding carboxylic acids is 1. The first-order valence-corrected chi connectivity index (χ1v) is 11.7. The molecule has 0 bridgehead atoms. The predicted molar refractivity (Wildman–Crippen MR) is 117 cm³/mol. The number of rotatable bonds is 8. The van der Waals surface area contributed by atoms with Crippen LogP contribution in [0.25, 0.3) is 0 Å². The summed E-state index contributed by atoms with van der Waals surface area (Å²) < 4.78 is 27.7. The molecular weight excluding hydrogens is 506 g/mol. The molecule has 0 aromatic heterocycles. The van der Waals surface area contributed by atoms with Gasteiger partial charge in [0, 0.05) is 6.92 Å². The zero-order valence-corrected chi connectivity index (χ0v) is 20.0. The maximum absolute atomic E-state index is 11.5. The lowest BCUT2D eigenvalue weighted by Crippen LogP contribution is -2.69. The van der Waals surface area contributed by atoms with Crippen molar-refractivity contribution in [3.05, 3.63) is 0 Å². The predicted octanol–water partition coefficient (Wildman–Crippen LogP) is -7.50. The second kappa shape index (κ2) is 12.8. The first kappa shape index (κ1) is 30.4. The lowest BCUT2D eigenvalue weighted by atomic mass is 9.94. The molecule has 13 N–H and O–H groups in total. The van der Waals surface area contributed by atoms with Crippen molar-refractivity contribution >= 4 is 5.91 Å². The fraction of sp³-hybridized carbons (Fsp3) is 0.950. The third-order valence-corrected chi connectivity index (χ3v) is 6.65. The van der Waals surface area contributed by atoms with E-state index >= 15 is 0 Å². The standard InChI is InChI=1S/C20H37N3O14/c1-5(27)23-11-15(31)17(7(3-25)33-18(11)32)37-20-10(22)14(30)16(8(4-26)35-20)36-19-9(21)13(29)12(28)6(2-24)34-19/h6-20,24-26,28-32H,2-4,21-22H2,1H3,(H,23,27)/t6-,7-,8-,9-,10-,11-,12-,13-,14-,15-,16?,17?,18?,19+,20+/m1/s1. The second-order valence-corrected chi connectivity index (χ2v) is 9.24. The van der Waals surface area contributed by atoms with E-state index in [2.05, 4.69) is 5.32 Å². The molecule has 216 valence electrons. The minimum atomic E-state index is -1.67. The number of hydrogen-bond acceptors (Lipinski definition) is 16. The van der Waals surface area contributed by atoms with Gasteiger partial charge in [-0.2, -0.15) is 0 Å². The van der Waals surface area contributed by atoms with E-state index in [0.29, 0.717) is 0 Å². The van der Waals surface area contributed by atoms with Crippen LogP contribution in [0.4, 0.5) is 0 Å². The van der Waals surface area contributed by atoms with E-state index in [-0.39, 0.29) is 0 Å². The van der Waals surface area contributed by atoms with Crippen molar-refractivity contribution in [1.82, 2.24) is 5.32 Å². The summed E-state index contributed by atoms with van der Waals surface area (Å²) in [5, 5.41) is 83.1. The van der Waals surface area contributed by atoms with Crippen molar-refractivity contribution in [3.63, 3.8) is 0 Å². The quantitative estimate of drug-likeness (QED) is 0.135. The molecule has 17 nitrogen and oxygen atoms in total. The Morgan fingerprint density at radius 3 is 1.70 bits per heavy atom. The lowest BCUT2D eigenvalue weighted by Gasteiger charge is -2.48. The summed E-state index contributed by atoms with van der Waals surface area (Å²) >= 11 is 0. The minimum absolute atomic E-state index is 0.585. The van der Waals surface area contributed by atoms with Crippen molar-refractivity contribution in [2.24, 2.45) is 11.5 Å². The normalized spacial score (nSPS) is 49.0. The van der Waals surface area contributed by atoms with Crippen molar-refractivity contribution in [2.45, 2.75) is 98.9 Å². The molecular formula is C20H37N3O14. The molecule has 3 unspecified atom stereocenters. The van der Waals surface area contributed by atoms with Gasteiger partial charge in [-0.05, 0) is 0 Å². The molecule has 3 aliphatic heterocycles. The lowest BCUT2D eigenvalue weighted by molar-refractivity contribution is -0.348. The van der Waals surface area contributed by atoms with Gasteiger partial charge < -0.3 is 81.3 Å². The van der Waals surface area contributed by atoms with Crippen LogP contribution in [0.1, 0.15) is 6.92 Å². The van der Waals surface area contributed by atoms with E-state index in [1.165, 1.54) is 0 Å². The Morgan fingerprint density at radius 1 is 0.730 bits per heavy atom. The molecule has 3 aliphatic rings. The molecule has 0 radical (unpaired) electrons. The molecule has 0 aromatic carbocycles. The highest BCUT2D eigenvalue weighted by atomic mass is 16.7. The Kier molecular flexibility index (Phi) is 10.5. The van der Waals surface area contributed by atoms with E-state index in [1.807, 2.05) is 0 Å². The maximum atomic E-state index is 11.5. The fourth-order valence-electron chi connectivity index (χ4n) is 4.55. The average Bonchev–Trinajstić information content (AvgIpc) is 2.87. The second-order valence-electron chi connectivity index (χ2n) is 9.24. The van der Waals surface area contributed by atoms with Crippen LogP contribution in [0.5, 0.6) is 0 Å². The van der Waals surface area contributed by atoms with Crippen molar-refractivity contribution < 1.29 is 69.3 Å². The first-order valence-electron chi connectivity index (χ1n) is 11.7. The van der Waals surface area contributed by atoms with Crippen LogP contribution in [-0.4, -0.2) is 159 Å². The van der Waals surface area contributed by atoms with E-state index < -0.39 is 118 Å². The Balaban J connectivity index is 1.74. The number of aliphatic hydroxyl groups excluding tert-OH is 8. The van der Waals surface area contributed by atoms with Crippen molar-refractivity contribution in [2.75, 3.05) is 19.8 Å². The van der Waals surface area contributed by atoms with Gasteiger partial charge in [-0.3, -0.25) is 4.79 Å². The summed E-state index contributed by atoms with van der Waals surface area (Å²) in [6.45, 7) is -0.951. The molecule has 3 saturated heterocycles. The minimum Gasteiger partial charge on any atom is -0.394 e. The molecule has 0 spiro atoms. The number of carbonyl (C=O) groups is 1. The number of ether oxygens (including phenoxy) is 5. The molecule has 3 rings (SSSR count). The van der Waals surface area contributed by atoms with Gasteiger partial charge in [0.1, 0.15) is 61.0 Å². The van der Waals surface area contributed by atoms with Crippen LogP contribution in [0, 0.1) is 0 Å². The largest absolute Gasteiger partial charge is 0.394 e. The smallest absolute Gasteiger partial charge is 0.217 e. The van der Waals surface area contributed by atoms with Gasteiger partial charge in [-0.25, -0.2) is 0 Å². The zero-order chi connectivity index (χ0) is 27.6. The van der Waals surface area contributed by atoms with E-state index in [4.69, 9.17) is 35.2 Å². The highest BCUT2D eigenvalue weighted by molar-refractivity contribution is 5.73. The molecule has 37 heavy (non-hydrogen) atoms. The Morgan fingerprint density at radius 2 is 1.19 bits per heavy atom. The summed E-state index contributed by atoms with van der Waals surface area (Å²) in [5.74, 6) is -0.585. The molecule has 3 fully saturated rings. The summed E-state index contributed by atoms with van der Waals surface area (Å²) in [6, 6.07) is -4.01. The molecule has 0 aliphatic carbocycles.